The van der Waals surface area contributed by atoms with Gasteiger partial charge in [0.05, 0.1) is 17.9 Å². The van der Waals surface area contributed by atoms with Crippen LogP contribution in [0.25, 0.3) is 0 Å². The minimum Gasteiger partial charge on any atom is -1.00 e. The van der Waals surface area contributed by atoms with Crippen LogP contribution in [0.15, 0.2) is 29.3 Å². The van der Waals surface area contributed by atoms with Crippen molar-refractivity contribution < 1.29 is 17.0 Å². The lowest BCUT2D eigenvalue weighted by Crippen LogP contribution is -3.00. The maximum Gasteiger partial charge on any atom is 0.205 e. The van der Waals surface area contributed by atoms with Gasteiger partial charge in [-0.1, -0.05) is 31.9 Å². The molecule has 0 N–H and O–H groups in total. The third-order valence-electron chi connectivity index (χ3n) is 3.51. The average Bonchev–Trinajstić information content (AvgIpc) is 2.92. The molecule has 0 spiro atoms. The smallest absolute Gasteiger partial charge is 0.205 e. The number of anilines is 2. The van der Waals surface area contributed by atoms with E-state index in [-0.39, 0.29) is 17.0 Å². The summed E-state index contributed by atoms with van der Waals surface area (Å²) in [6.45, 7) is 5.32. The van der Waals surface area contributed by atoms with E-state index in [0.29, 0.717) is 0 Å². The molecule has 0 atom stereocenters. The third kappa shape index (κ3) is 2.14. The molecule has 0 saturated heterocycles. The van der Waals surface area contributed by atoms with Gasteiger partial charge in [0.1, 0.15) is 0 Å². The summed E-state index contributed by atoms with van der Waals surface area (Å²) < 4.78 is 0. The van der Waals surface area contributed by atoms with Gasteiger partial charge < -0.3 is 26.8 Å². The van der Waals surface area contributed by atoms with Gasteiger partial charge in [0.25, 0.3) is 0 Å². The highest BCUT2D eigenvalue weighted by molar-refractivity contribution is 6.17. The standard InChI is InChI=1S/C14H19N3.BrH/c1-2-3-6-10-16-12-7-4-5-8-13(12)17-11-9-15-14(16)17;/h4-5,7-8H,2-3,6,9-11H2,1H3;1H/p-1. The Kier molecular flexibility index (Phi) is 4.27. The van der Waals surface area contributed by atoms with Crippen LogP contribution in [0.1, 0.15) is 26.2 Å². The largest absolute Gasteiger partial charge is 1.00 e. The summed E-state index contributed by atoms with van der Waals surface area (Å²) in [7, 11) is 0. The summed E-state index contributed by atoms with van der Waals surface area (Å²) in [6.07, 6.45) is 3.81. The molecule has 18 heavy (non-hydrogen) atoms. The van der Waals surface area contributed by atoms with Crippen molar-refractivity contribution in [2.24, 2.45) is 4.99 Å². The van der Waals surface area contributed by atoms with Crippen molar-refractivity contribution in [3.05, 3.63) is 24.3 Å². The Bertz CT molecular complexity index is 444. The van der Waals surface area contributed by atoms with Crippen LogP contribution >= 0.6 is 0 Å². The van der Waals surface area contributed by atoms with Crippen LogP contribution in [-0.2, 0) is 0 Å². The molecule has 0 aromatic heterocycles. The molecule has 0 radical (unpaired) electrons. The number of benzene rings is 1. The second-order valence-corrected chi connectivity index (χ2v) is 4.68. The molecule has 0 saturated carbocycles. The van der Waals surface area contributed by atoms with Gasteiger partial charge in [-0.2, -0.15) is 0 Å². The normalized spacial score (nSPS) is 16.2. The quantitative estimate of drug-likeness (QED) is 0.722. The molecule has 4 heteroatoms. The number of para-hydroxylation sites is 2. The molecule has 0 bridgehead atoms. The van der Waals surface area contributed by atoms with Crippen LogP contribution in [0.3, 0.4) is 0 Å². The zero-order valence-electron chi connectivity index (χ0n) is 10.8. The lowest BCUT2D eigenvalue weighted by molar-refractivity contribution is -0.00000345. The SMILES string of the molecule is CCCCCN1C2=NCCN2c2ccccc21.[Br-]. The van der Waals surface area contributed by atoms with Crippen LogP contribution in [-0.4, -0.2) is 25.6 Å². The Morgan fingerprint density at radius 1 is 1.17 bits per heavy atom. The topological polar surface area (TPSA) is 18.8 Å². The van der Waals surface area contributed by atoms with E-state index >= 15 is 0 Å². The Labute approximate surface area is 119 Å². The second kappa shape index (κ2) is 5.74. The van der Waals surface area contributed by atoms with Crippen molar-refractivity contribution in [2.45, 2.75) is 26.2 Å². The molecule has 2 aliphatic rings. The summed E-state index contributed by atoms with van der Waals surface area (Å²) >= 11 is 0. The summed E-state index contributed by atoms with van der Waals surface area (Å²) in [6, 6.07) is 8.65. The minimum absolute atomic E-state index is 0. The fourth-order valence-corrected chi connectivity index (χ4v) is 2.66. The van der Waals surface area contributed by atoms with Gasteiger partial charge >= 0.3 is 0 Å². The van der Waals surface area contributed by atoms with Crippen molar-refractivity contribution in [3.63, 3.8) is 0 Å². The second-order valence-electron chi connectivity index (χ2n) is 4.68. The first-order valence-corrected chi connectivity index (χ1v) is 6.60. The van der Waals surface area contributed by atoms with Gasteiger partial charge in [0, 0.05) is 13.1 Å². The fourth-order valence-electron chi connectivity index (χ4n) is 2.66. The summed E-state index contributed by atoms with van der Waals surface area (Å²) in [5.74, 6) is 1.17. The molecule has 3 nitrogen and oxygen atoms in total. The first kappa shape index (κ1) is 13.4. The number of hydrogen-bond donors (Lipinski definition) is 0. The molecule has 1 aromatic rings. The lowest BCUT2D eigenvalue weighted by Gasteiger charge is -2.19. The van der Waals surface area contributed by atoms with Crippen LogP contribution in [0.4, 0.5) is 11.4 Å². The average molecular weight is 309 g/mol. The van der Waals surface area contributed by atoms with E-state index in [4.69, 9.17) is 0 Å². The molecule has 2 heterocycles. The number of aliphatic imine (C=N–C) groups is 1. The van der Waals surface area contributed by atoms with Crippen LogP contribution in [0.5, 0.6) is 0 Å². The first-order chi connectivity index (χ1) is 8.42. The van der Waals surface area contributed by atoms with Crippen LogP contribution in [0, 0.1) is 0 Å². The molecule has 0 fully saturated rings. The number of guanidine groups is 1. The Morgan fingerprint density at radius 2 is 1.94 bits per heavy atom. The molecule has 2 aliphatic heterocycles. The monoisotopic (exact) mass is 308 g/mol. The number of unbranched alkanes of at least 4 members (excludes halogenated alkanes) is 2. The summed E-state index contributed by atoms with van der Waals surface area (Å²) in [4.78, 5) is 9.38. The molecule has 98 valence electrons. The van der Waals surface area contributed by atoms with Crippen molar-refractivity contribution in [1.29, 1.82) is 0 Å². The number of fused-ring (bicyclic) bond motifs is 3. The number of hydrogen-bond acceptors (Lipinski definition) is 3. The van der Waals surface area contributed by atoms with E-state index < -0.39 is 0 Å². The molecule has 0 aliphatic carbocycles. The van der Waals surface area contributed by atoms with E-state index in [9.17, 15) is 0 Å². The van der Waals surface area contributed by atoms with Gasteiger partial charge in [-0.05, 0) is 18.6 Å². The molecular formula is C14H19BrN3-. The molecule has 3 rings (SSSR count). The van der Waals surface area contributed by atoms with E-state index in [2.05, 4.69) is 46.0 Å². The van der Waals surface area contributed by atoms with E-state index in [1.54, 1.807) is 0 Å². The van der Waals surface area contributed by atoms with Crippen molar-refractivity contribution in [2.75, 3.05) is 29.4 Å². The van der Waals surface area contributed by atoms with Crippen molar-refractivity contribution in [1.82, 2.24) is 0 Å². The van der Waals surface area contributed by atoms with Gasteiger partial charge in [0.2, 0.25) is 5.96 Å². The fraction of sp³-hybridized carbons (Fsp3) is 0.500. The zero-order valence-corrected chi connectivity index (χ0v) is 12.4. The highest BCUT2D eigenvalue weighted by atomic mass is 79.9. The highest BCUT2D eigenvalue weighted by Gasteiger charge is 2.34. The number of nitrogens with zero attached hydrogens (tertiary/aromatic N) is 3. The van der Waals surface area contributed by atoms with Gasteiger partial charge in [-0.3, -0.25) is 4.99 Å². The maximum atomic E-state index is 4.64. The van der Waals surface area contributed by atoms with Crippen molar-refractivity contribution in [3.8, 4) is 0 Å². The Hall–Kier alpha value is -1.03. The van der Waals surface area contributed by atoms with Crippen LogP contribution < -0.4 is 26.8 Å². The predicted octanol–water partition coefficient (Wildman–Crippen LogP) is -0.123. The minimum atomic E-state index is 0. The summed E-state index contributed by atoms with van der Waals surface area (Å²) in [5, 5.41) is 0. The third-order valence-corrected chi connectivity index (χ3v) is 3.51. The zero-order chi connectivity index (χ0) is 11.7. The first-order valence-electron chi connectivity index (χ1n) is 6.60. The summed E-state index contributed by atoms with van der Waals surface area (Å²) in [5.41, 5.74) is 2.67. The predicted molar refractivity (Wildman–Crippen MR) is 73.0 cm³/mol. The maximum absolute atomic E-state index is 4.64. The van der Waals surface area contributed by atoms with Gasteiger partial charge in [-0.15, -0.1) is 0 Å². The molecule has 0 amide bonds. The molecular weight excluding hydrogens is 290 g/mol. The van der Waals surface area contributed by atoms with Gasteiger partial charge in [-0.25, -0.2) is 0 Å². The molecule has 0 unspecified atom stereocenters. The lowest BCUT2D eigenvalue weighted by atomic mass is 10.2. The van der Waals surface area contributed by atoms with E-state index in [1.165, 1.54) is 36.6 Å². The number of rotatable bonds is 4. The van der Waals surface area contributed by atoms with E-state index in [0.717, 1.165) is 19.6 Å². The Morgan fingerprint density at radius 3 is 2.72 bits per heavy atom. The molecule has 1 aromatic carbocycles. The Balaban J connectivity index is 0.00000120. The van der Waals surface area contributed by atoms with Crippen LogP contribution in [0.2, 0.25) is 0 Å². The highest BCUT2D eigenvalue weighted by Crippen LogP contribution is 2.38. The van der Waals surface area contributed by atoms with Gasteiger partial charge in [0.15, 0.2) is 0 Å². The van der Waals surface area contributed by atoms with E-state index in [1.807, 2.05) is 0 Å². The number of halogens is 1. The van der Waals surface area contributed by atoms with Crippen molar-refractivity contribution >= 4 is 17.3 Å².